The van der Waals surface area contributed by atoms with E-state index in [1.165, 1.54) is 25.7 Å². The Bertz CT molecular complexity index is 236. The number of hydrogen-bond donors (Lipinski definition) is 1. The lowest BCUT2D eigenvalue weighted by molar-refractivity contribution is -0.136. The van der Waals surface area contributed by atoms with E-state index in [0.29, 0.717) is 11.9 Å². The summed E-state index contributed by atoms with van der Waals surface area (Å²) in [5.74, 6) is 0.405. The van der Waals surface area contributed by atoms with E-state index in [9.17, 15) is 4.79 Å². The van der Waals surface area contributed by atoms with Crippen molar-refractivity contribution in [2.45, 2.75) is 57.0 Å². The number of carbonyl (C=O) groups is 1. The zero-order chi connectivity index (χ0) is 10.8. The molecule has 0 aromatic carbocycles. The van der Waals surface area contributed by atoms with Crippen LogP contribution in [0.4, 0.5) is 0 Å². The fraction of sp³-hybridized carbons (Fsp3) is 0.917. The molecule has 2 saturated carbocycles. The minimum Gasteiger partial charge on any atom is -0.342 e. The van der Waals surface area contributed by atoms with Crippen molar-refractivity contribution in [2.24, 2.45) is 11.7 Å². The van der Waals surface area contributed by atoms with Gasteiger partial charge in [0.1, 0.15) is 0 Å². The first-order valence-corrected chi connectivity index (χ1v) is 6.22. The molecule has 0 aliphatic heterocycles. The summed E-state index contributed by atoms with van der Waals surface area (Å²) >= 11 is 0. The number of nitrogens with zero attached hydrogens (tertiary/aromatic N) is 1. The number of carbonyl (C=O) groups excluding carboxylic acids is 1. The molecular weight excluding hydrogens is 188 g/mol. The van der Waals surface area contributed by atoms with Gasteiger partial charge in [0.05, 0.1) is 5.92 Å². The Hall–Kier alpha value is -0.570. The van der Waals surface area contributed by atoms with E-state index in [1.54, 1.807) is 0 Å². The van der Waals surface area contributed by atoms with E-state index in [4.69, 9.17) is 5.73 Å². The predicted molar refractivity (Wildman–Crippen MR) is 60.3 cm³/mol. The molecule has 2 aliphatic carbocycles. The molecule has 3 nitrogen and oxygen atoms in total. The largest absolute Gasteiger partial charge is 0.342 e. The van der Waals surface area contributed by atoms with Gasteiger partial charge in [0, 0.05) is 19.1 Å². The molecule has 2 atom stereocenters. The summed E-state index contributed by atoms with van der Waals surface area (Å²) in [4.78, 5) is 14.2. The van der Waals surface area contributed by atoms with Crippen molar-refractivity contribution in [3.63, 3.8) is 0 Å². The van der Waals surface area contributed by atoms with Crippen LogP contribution < -0.4 is 5.73 Å². The third-order valence-corrected chi connectivity index (χ3v) is 4.11. The van der Waals surface area contributed by atoms with Gasteiger partial charge in [-0.15, -0.1) is 0 Å². The van der Waals surface area contributed by atoms with Crippen LogP contribution >= 0.6 is 0 Å². The lowest BCUT2D eigenvalue weighted by Crippen LogP contribution is -2.43. The molecule has 2 unspecified atom stereocenters. The quantitative estimate of drug-likeness (QED) is 0.751. The van der Waals surface area contributed by atoms with Crippen LogP contribution in [-0.4, -0.2) is 29.9 Å². The third kappa shape index (κ3) is 2.17. The van der Waals surface area contributed by atoms with Crippen LogP contribution in [0.5, 0.6) is 0 Å². The molecule has 2 rings (SSSR count). The Labute approximate surface area is 92.0 Å². The lowest BCUT2D eigenvalue weighted by Gasteiger charge is -2.28. The molecule has 2 N–H and O–H groups in total. The second-order valence-corrected chi connectivity index (χ2v) is 5.09. The highest BCUT2D eigenvalue weighted by Crippen LogP contribution is 2.29. The summed E-state index contributed by atoms with van der Waals surface area (Å²) in [6.07, 6.45) is 8.06. The van der Waals surface area contributed by atoms with Gasteiger partial charge in [-0.25, -0.2) is 0 Å². The smallest absolute Gasteiger partial charge is 0.227 e. The fourth-order valence-corrected chi connectivity index (χ4v) is 3.03. The van der Waals surface area contributed by atoms with Gasteiger partial charge in [-0.3, -0.25) is 4.79 Å². The van der Waals surface area contributed by atoms with Crippen molar-refractivity contribution in [2.75, 3.05) is 7.05 Å². The zero-order valence-electron chi connectivity index (χ0n) is 9.61. The Kier molecular flexibility index (Phi) is 3.29. The monoisotopic (exact) mass is 210 g/mol. The molecule has 0 aromatic rings. The van der Waals surface area contributed by atoms with E-state index < -0.39 is 0 Å². The molecule has 0 saturated heterocycles. The van der Waals surface area contributed by atoms with Gasteiger partial charge in [0.2, 0.25) is 5.91 Å². The highest BCUT2D eigenvalue weighted by molar-refractivity contribution is 5.80. The maximum absolute atomic E-state index is 12.2. The van der Waals surface area contributed by atoms with E-state index in [-0.39, 0.29) is 12.0 Å². The van der Waals surface area contributed by atoms with Crippen molar-refractivity contribution in [3.8, 4) is 0 Å². The standard InChI is InChI=1S/C12H22N2O/c1-14(9-5-2-3-6-9)12(15)10-7-4-8-11(10)13/h9-11H,2-8,13H2,1H3. The first kappa shape index (κ1) is 10.9. The maximum Gasteiger partial charge on any atom is 0.227 e. The fourth-order valence-electron chi connectivity index (χ4n) is 3.03. The minimum atomic E-state index is 0.107. The molecule has 15 heavy (non-hydrogen) atoms. The number of rotatable bonds is 2. The minimum absolute atomic E-state index is 0.107. The normalized spacial score (nSPS) is 32.1. The molecule has 0 aromatic heterocycles. The van der Waals surface area contributed by atoms with E-state index in [1.807, 2.05) is 11.9 Å². The molecule has 0 radical (unpaired) electrons. The Morgan fingerprint density at radius 1 is 1.13 bits per heavy atom. The predicted octanol–water partition coefficient (Wildman–Crippen LogP) is 1.51. The molecule has 2 fully saturated rings. The summed E-state index contributed by atoms with van der Waals surface area (Å²) in [6.45, 7) is 0. The van der Waals surface area contributed by atoms with Crippen LogP contribution in [0, 0.1) is 5.92 Å². The highest BCUT2D eigenvalue weighted by Gasteiger charge is 2.34. The molecule has 0 bridgehead atoms. The highest BCUT2D eigenvalue weighted by atomic mass is 16.2. The second kappa shape index (κ2) is 4.52. The molecule has 1 amide bonds. The second-order valence-electron chi connectivity index (χ2n) is 5.09. The average molecular weight is 210 g/mol. The van der Waals surface area contributed by atoms with Crippen LogP contribution in [0.15, 0.2) is 0 Å². The SMILES string of the molecule is CN(C(=O)C1CCCC1N)C1CCCC1. The van der Waals surface area contributed by atoms with Crippen LogP contribution in [-0.2, 0) is 4.79 Å². The summed E-state index contributed by atoms with van der Waals surface area (Å²) < 4.78 is 0. The Morgan fingerprint density at radius 2 is 1.80 bits per heavy atom. The van der Waals surface area contributed by atoms with E-state index >= 15 is 0 Å². The van der Waals surface area contributed by atoms with Crippen LogP contribution in [0.25, 0.3) is 0 Å². The van der Waals surface area contributed by atoms with Crippen molar-refractivity contribution in [1.29, 1.82) is 0 Å². The molecular formula is C12H22N2O. The zero-order valence-corrected chi connectivity index (χ0v) is 9.61. The van der Waals surface area contributed by atoms with Gasteiger partial charge in [0.15, 0.2) is 0 Å². The van der Waals surface area contributed by atoms with E-state index in [0.717, 1.165) is 19.3 Å². The molecule has 0 heterocycles. The van der Waals surface area contributed by atoms with Crippen LogP contribution in [0.2, 0.25) is 0 Å². The van der Waals surface area contributed by atoms with Gasteiger partial charge in [-0.2, -0.15) is 0 Å². The lowest BCUT2D eigenvalue weighted by atomic mass is 10.0. The van der Waals surface area contributed by atoms with Crippen molar-refractivity contribution in [3.05, 3.63) is 0 Å². The third-order valence-electron chi connectivity index (χ3n) is 4.11. The van der Waals surface area contributed by atoms with Crippen LogP contribution in [0.1, 0.15) is 44.9 Å². The Balaban J connectivity index is 1.94. The van der Waals surface area contributed by atoms with Gasteiger partial charge in [0.25, 0.3) is 0 Å². The number of hydrogen-bond acceptors (Lipinski definition) is 2. The summed E-state index contributed by atoms with van der Waals surface area (Å²) in [5, 5.41) is 0. The van der Waals surface area contributed by atoms with Gasteiger partial charge < -0.3 is 10.6 Å². The average Bonchev–Trinajstić information content (AvgIpc) is 2.85. The molecule has 86 valence electrons. The Morgan fingerprint density at radius 3 is 2.33 bits per heavy atom. The molecule has 2 aliphatic rings. The maximum atomic E-state index is 12.2. The van der Waals surface area contributed by atoms with Crippen molar-refractivity contribution < 1.29 is 4.79 Å². The first-order valence-electron chi connectivity index (χ1n) is 6.22. The number of nitrogens with two attached hydrogens (primary N) is 1. The topological polar surface area (TPSA) is 46.3 Å². The summed E-state index contributed by atoms with van der Waals surface area (Å²) in [7, 11) is 1.96. The molecule has 3 heteroatoms. The van der Waals surface area contributed by atoms with E-state index in [2.05, 4.69) is 0 Å². The number of amides is 1. The summed E-state index contributed by atoms with van der Waals surface area (Å²) in [6, 6.07) is 0.603. The van der Waals surface area contributed by atoms with Crippen molar-refractivity contribution >= 4 is 5.91 Å². The van der Waals surface area contributed by atoms with Crippen molar-refractivity contribution in [1.82, 2.24) is 4.90 Å². The van der Waals surface area contributed by atoms with Gasteiger partial charge in [-0.05, 0) is 25.7 Å². The molecule has 0 spiro atoms. The van der Waals surface area contributed by atoms with Gasteiger partial charge >= 0.3 is 0 Å². The first-order chi connectivity index (χ1) is 7.20. The van der Waals surface area contributed by atoms with Crippen LogP contribution in [0.3, 0.4) is 0 Å². The van der Waals surface area contributed by atoms with Gasteiger partial charge in [-0.1, -0.05) is 19.3 Å². The summed E-state index contributed by atoms with van der Waals surface area (Å²) in [5.41, 5.74) is 5.97.